The second-order valence-electron chi connectivity index (χ2n) is 4.29. The molecule has 2 N–H and O–H groups in total. The highest BCUT2D eigenvalue weighted by atomic mass is 35.5. The molecule has 20 heavy (non-hydrogen) atoms. The number of hydrogen-bond acceptors (Lipinski definition) is 3. The molecule has 0 aromatic heterocycles. The highest BCUT2D eigenvalue weighted by Crippen LogP contribution is 2.18. The van der Waals surface area contributed by atoms with Crippen molar-refractivity contribution in [2.45, 2.75) is 13.3 Å². The highest BCUT2D eigenvalue weighted by Gasteiger charge is 2.04. The van der Waals surface area contributed by atoms with Crippen LogP contribution in [0.15, 0.2) is 29.8 Å². The van der Waals surface area contributed by atoms with E-state index >= 15 is 0 Å². The van der Waals surface area contributed by atoms with E-state index < -0.39 is 0 Å². The third kappa shape index (κ3) is 6.46. The van der Waals surface area contributed by atoms with Gasteiger partial charge in [0, 0.05) is 29.5 Å². The first-order valence-corrected chi connectivity index (χ1v) is 8.08. The molecule has 3 nitrogen and oxygen atoms in total. The van der Waals surface area contributed by atoms with Gasteiger partial charge in [0.15, 0.2) is 0 Å². The minimum atomic E-state index is -0.0762. The van der Waals surface area contributed by atoms with Crippen molar-refractivity contribution in [1.29, 1.82) is 0 Å². The number of aliphatic hydroxyl groups is 1. The summed E-state index contributed by atoms with van der Waals surface area (Å²) in [5.41, 5.74) is 1.48. The standard InChI is InChI=1S/C15H20ClNO2S/c1-12(11-13-5-2-3-6-14(13)16)15(19)17-7-10-20-9-4-8-18/h2-3,5-6,11,18H,4,7-10H2,1H3,(H,17,19)/b12-11-. The van der Waals surface area contributed by atoms with Crippen molar-refractivity contribution in [3.05, 3.63) is 40.4 Å². The van der Waals surface area contributed by atoms with Gasteiger partial charge in [0.2, 0.25) is 5.91 Å². The Bertz CT molecular complexity index is 463. The number of halogens is 1. The van der Waals surface area contributed by atoms with Gasteiger partial charge in [-0.3, -0.25) is 4.79 Å². The van der Waals surface area contributed by atoms with E-state index in [9.17, 15) is 4.79 Å². The van der Waals surface area contributed by atoms with Gasteiger partial charge >= 0.3 is 0 Å². The lowest BCUT2D eigenvalue weighted by atomic mass is 10.1. The molecule has 0 radical (unpaired) electrons. The highest BCUT2D eigenvalue weighted by molar-refractivity contribution is 7.99. The van der Waals surface area contributed by atoms with Crippen LogP contribution in [0.25, 0.3) is 6.08 Å². The Morgan fingerprint density at radius 2 is 2.15 bits per heavy atom. The summed E-state index contributed by atoms with van der Waals surface area (Å²) in [4.78, 5) is 11.9. The molecule has 0 aliphatic heterocycles. The molecule has 0 aliphatic carbocycles. The van der Waals surface area contributed by atoms with E-state index in [1.807, 2.05) is 18.2 Å². The number of nitrogens with one attached hydrogen (secondary N) is 1. The number of aliphatic hydroxyl groups excluding tert-OH is 1. The van der Waals surface area contributed by atoms with Crippen molar-refractivity contribution >= 4 is 35.3 Å². The molecule has 1 aromatic rings. The van der Waals surface area contributed by atoms with E-state index in [1.54, 1.807) is 30.8 Å². The van der Waals surface area contributed by atoms with Crippen molar-refractivity contribution < 1.29 is 9.90 Å². The van der Waals surface area contributed by atoms with Gasteiger partial charge < -0.3 is 10.4 Å². The molecule has 1 rings (SSSR count). The number of amides is 1. The van der Waals surface area contributed by atoms with Crippen LogP contribution in [-0.2, 0) is 4.79 Å². The first kappa shape index (κ1) is 17.1. The third-order valence-corrected chi connectivity index (χ3v) is 4.03. The Hall–Kier alpha value is -0.970. The van der Waals surface area contributed by atoms with Gasteiger partial charge in [-0.05, 0) is 36.8 Å². The zero-order valence-electron chi connectivity index (χ0n) is 11.6. The van der Waals surface area contributed by atoms with E-state index in [0.717, 1.165) is 23.5 Å². The third-order valence-electron chi connectivity index (χ3n) is 2.61. The van der Waals surface area contributed by atoms with Gasteiger partial charge in [-0.2, -0.15) is 11.8 Å². The Kier molecular flexibility index (Phi) is 8.42. The fraction of sp³-hybridized carbons (Fsp3) is 0.400. The lowest BCUT2D eigenvalue weighted by Gasteiger charge is -2.06. The molecule has 0 saturated carbocycles. The fourth-order valence-electron chi connectivity index (χ4n) is 1.54. The molecule has 0 saturated heterocycles. The van der Waals surface area contributed by atoms with Gasteiger partial charge in [-0.25, -0.2) is 0 Å². The lowest BCUT2D eigenvalue weighted by Crippen LogP contribution is -2.26. The van der Waals surface area contributed by atoms with Crippen molar-refractivity contribution in [1.82, 2.24) is 5.32 Å². The normalized spacial score (nSPS) is 11.4. The van der Waals surface area contributed by atoms with Crippen LogP contribution < -0.4 is 5.32 Å². The van der Waals surface area contributed by atoms with Crippen LogP contribution in [0.5, 0.6) is 0 Å². The SMILES string of the molecule is C/C(=C/c1ccccc1Cl)C(=O)NCCSCCCO. The zero-order chi connectivity index (χ0) is 14.8. The lowest BCUT2D eigenvalue weighted by molar-refractivity contribution is -0.117. The predicted molar refractivity (Wildman–Crippen MR) is 87.1 cm³/mol. The summed E-state index contributed by atoms with van der Waals surface area (Å²) in [6.07, 6.45) is 2.58. The minimum Gasteiger partial charge on any atom is -0.396 e. The van der Waals surface area contributed by atoms with Crippen molar-refractivity contribution in [3.8, 4) is 0 Å². The van der Waals surface area contributed by atoms with Crippen molar-refractivity contribution in [3.63, 3.8) is 0 Å². The van der Waals surface area contributed by atoms with Gasteiger partial charge in [0.25, 0.3) is 0 Å². The van der Waals surface area contributed by atoms with Gasteiger partial charge in [0.1, 0.15) is 0 Å². The van der Waals surface area contributed by atoms with E-state index in [-0.39, 0.29) is 12.5 Å². The average Bonchev–Trinajstić information content (AvgIpc) is 2.44. The van der Waals surface area contributed by atoms with Crippen LogP contribution in [0.3, 0.4) is 0 Å². The molecule has 0 aliphatic rings. The predicted octanol–water partition coefficient (Wildman–Crippen LogP) is 2.98. The van der Waals surface area contributed by atoms with Gasteiger partial charge in [-0.1, -0.05) is 29.8 Å². The summed E-state index contributed by atoms with van der Waals surface area (Å²) in [7, 11) is 0. The van der Waals surface area contributed by atoms with Gasteiger partial charge in [-0.15, -0.1) is 0 Å². The molecular formula is C15H20ClNO2S. The monoisotopic (exact) mass is 313 g/mol. The smallest absolute Gasteiger partial charge is 0.246 e. The maximum absolute atomic E-state index is 11.9. The Morgan fingerprint density at radius 1 is 1.40 bits per heavy atom. The molecular weight excluding hydrogens is 294 g/mol. The molecule has 1 aromatic carbocycles. The van der Waals surface area contributed by atoms with E-state index in [1.165, 1.54) is 0 Å². The Balaban J connectivity index is 2.37. The van der Waals surface area contributed by atoms with Crippen LogP contribution in [0.4, 0.5) is 0 Å². The molecule has 0 spiro atoms. The number of carbonyl (C=O) groups excluding carboxylic acids is 1. The number of hydrogen-bond donors (Lipinski definition) is 2. The fourth-order valence-corrected chi connectivity index (χ4v) is 2.51. The second kappa shape index (κ2) is 9.86. The number of thioether (sulfide) groups is 1. The molecule has 0 atom stereocenters. The van der Waals surface area contributed by atoms with Crippen LogP contribution >= 0.6 is 23.4 Å². The minimum absolute atomic E-state index is 0.0762. The van der Waals surface area contributed by atoms with Gasteiger partial charge in [0.05, 0.1) is 0 Å². The van der Waals surface area contributed by atoms with Crippen LogP contribution in [0.2, 0.25) is 5.02 Å². The molecule has 110 valence electrons. The second-order valence-corrected chi connectivity index (χ2v) is 5.93. The summed E-state index contributed by atoms with van der Waals surface area (Å²) in [6.45, 7) is 2.62. The Morgan fingerprint density at radius 3 is 2.85 bits per heavy atom. The molecule has 0 bridgehead atoms. The molecule has 0 unspecified atom stereocenters. The number of benzene rings is 1. The number of carbonyl (C=O) groups is 1. The molecule has 5 heteroatoms. The summed E-state index contributed by atoms with van der Waals surface area (Å²) < 4.78 is 0. The average molecular weight is 314 g/mol. The first-order valence-electron chi connectivity index (χ1n) is 6.54. The maximum atomic E-state index is 11.9. The van der Waals surface area contributed by atoms with E-state index in [2.05, 4.69) is 5.32 Å². The van der Waals surface area contributed by atoms with Crippen LogP contribution in [0, 0.1) is 0 Å². The Labute approximate surface area is 129 Å². The summed E-state index contributed by atoms with van der Waals surface area (Å²) >= 11 is 7.77. The largest absolute Gasteiger partial charge is 0.396 e. The maximum Gasteiger partial charge on any atom is 0.246 e. The molecule has 0 heterocycles. The summed E-state index contributed by atoms with van der Waals surface area (Å²) in [5, 5.41) is 12.1. The van der Waals surface area contributed by atoms with E-state index in [0.29, 0.717) is 17.1 Å². The van der Waals surface area contributed by atoms with Crippen LogP contribution in [0.1, 0.15) is 18.9 Å². The van der Waals surface area contributed by atoms with Crippen molar-refractivity contribution in [2.24, 2.45) is 0 Å². The number of rotatable bonds is 8. The first-order chi connectivity index (χ1) is 9.65. The van der Waals surface area contributed by atoms with E-state index in [4.69, 9.17) is 16.7 Å². The molecule has 1 amide bonds. The summed E-state index contributed by atoms with van der Waals surface area (Å²) in [6, 6.07) is 7.43. The summed E-state index contributed by atoms with van der Waals surface area (Å²) in [5.74, 6) is 1.69. The topological polar surface area (TPSA) is 49.3 Å². The van der Waals surface area contributed by atoms with Crippen LogP contribution in [-0.4, -0.2) is 35.7 Å². The molecule has 0 fully saturated rings. The van der Waals surface area contributed by atoms with Crippen molar-refractivity contribution in [2.75, 3.05) is 24.7 Å². The quantitative estimate of drug-likeness (QED) is 0.573. The zero-order valence-corrected chi connectivity index (χ0v) is 13.1.